The van der Waals surface area contributed by atoms with E-state index >= 15 is 0 Å². The van der Waals surface area contributed by atoms with E-state index in [0.29, 0.717) is 11.8 Å². The van der Waals surface area contributed by atoms with Crippen molar-refractivity contribution in [3.05, 3.63) is 71.9 Å². The normalized spacial score (nSPS) is 31.7. The fraction of sp³-hybridized carbons (Fsp3) is 0.393. The highest BCUT2D eigenvalue weighted by Gasteiger charge is 2.57. The van der Waals surface area contributed by atoms with Crippen molar-refractivity contribution >= 4 is 21.8 Å². The molecule has 2 aromatic carbocycles. The molecule has 8 rings (SSSR count). The highest BCUT2D eigenvalue weighted by molar-refractivity contribution is 6.09. The van der Waals surface area contributed by atoms with Crippen LogP contribution in [0.1, 0.15) is 43.2 Å². The summed E-state index contributed by atoms with van der Waals surface area (Å²) in [6, 6.07) is 19.5. The molecule has 4 aromatic rings. The maximum atomic E-state index is 12.1. The second kappa shape index (κ2) is 6.20. The van der Waals surface area contributed by atoms with Crippen LogP contribution < -0.4 is 0 Å². The number of fused-ring (bicyclic) bond motifs is 3. The summed E-state index contributed by atoms with van der Waals surface area (Å²) in [5.41, 5.74) is 3.98. The summed E-state index contributed by atoms with van der Waals surface area (Å²) in [4.78, 5) is 4.81. The first kappa shape index (κ1) is 18.0. The molecule has 3 heteroatoms. The Bertz CT molecular complexity index is 1310. The summed E-state index contributed by atoms with van der Waals surface area (Å²) in [6.45, 7) is 2.14. The van der Waals surface area contributed by atoms with Crippen molar-refractivity contribution in [1.82, 2.24) is 9.55 Å². The first-order chi connectivity index (χ1) is 15.1. The van der Waals surface area contributed by atoms with Crippen molar-refractivity contribution in [2.45, 2.75) is 44.6 Å². The molecule has 0 unspecified atom stereocenters. The van der Waals surface area contributed by atoms with E-state index in [0.717, 1.165) is 23.2 Å². The minimum atomic E-state index is -0.695. The first-order valence-electron chi connectivity index (χ1n) is 11.8. The number of nitrogens with zero attached hydrogens (tertiary/aromatic N) is 2. The maximum Gasteiger partial charge on any atom is 0.137 e. The van der Waals surface area contributed by atoms with Crippen molar-refractivity contribution in [2.24, 2.45) is 23.7 Å². The average molecular weight is 409 g/mol. The minimum absolute atomic E-state index is 0.402. The Morgan fingerprint density at radius 1 is 0.839 bits per heavy atom. The van der Waals surface area contributed by atoms with Crippen LogP contribution in [0.3, 0.4) is 0 Å². The topological polar surface area (TPSA) is 38.0 Å². The molecule has 2 heterocycles. The Labute approximate surface area is 182 Å². The molecule has 4 aliphatic rings. The van der Waals surface area contributed by atoms with Crippen LogP contribution in [0.5, 0.6) is 0 Å². The van der Waals surface area contributed by atoms with Crippen molar-refractivity contribution in [3.8, 4) is 5.82 Å². The molecular weight excluding hydrogens is 380 g/mol. The van der Waals surface area contributed by atoms with Gasteiger partial charge >= 0.3 is 0 Å². The summed E-state index contributed by atoms with van der Waals surface area (Å²) in [6.07, 6.45) is 8.06. The summed E-state index contributed by atoms with van der Waals surface area (Å²) in [5.74, 6) is 3.39. The molecule has 0 radical (unpaired) electrons. The zero-order chi connectivity index (χ0) is 20.7. The molecule has 3 nitrogen and oxygen atoms in total. The zero-order valence-corrected chi connectivity index (χ0v) is 18.0. The van der Waals surface area contributed by atoms with Gasteiger partial charge in [0.25, 0.3) is 0 Å². The van der Waals surface area contributed by atoms with Crippen molar-refractivity contribution in [1.29, 1.82) is 0 Å². The second-order valence-electron chi connectivity index (χ2n) is 10.4. The zero-order valence-electron chi connectivity index (χ0n) is 18.0. The average Bonchev–Trinajstić information content (AvgIpc) is 3.10. The van der Waals surface area contributed by atoms with E-state index in [1.807, 2.05) is 6.20 Å². The van der Waals surface area contributed by atoms with Gasteiger partial charge in [0.05, 0.1) is 16.6 Å². The lowest BCUT2D eigenvalue weighted by Gasteiger charge is -2.59. The van der Waals surface area contributed by atoms with Gasteiger partial charge < -0.3 is 5.11 Å². The molecule has 0 aliphatic heterocycles. The number of benzene rings is 2. The minimum Gasteiger partial charge on any atom is -0.385 e. The van der Waals surface area contributed by atoms with Crippen LogP contribution in [0.2, 0.25) is 0 Å². The summed E-state index contributed by atoms with van der Waals surface area (Å²) >= 11 is 0. The van der Waals surface area contributed by atoms with E-state index in [-0.39, 0.29) is 0 Å². The SMILES string of the molecule is Cc1ccc2c3ccccc3n(-c3cc(C4(O)C5CC6CC(C5)CC4C6)ccn3)c2c1. The molecule has 0 saturated heterocycles. The van der Waals surface area contributed by atoms with Gasteiger partial charge in [-0.2, -0.15) is 0 Å². The Morgan fingerprint density at radius 2 is 1.55 bits per heavy atom. The molecule has 0 spiro atoms. The number of hydrogen-bond donors (Lipinski definition) is 1. The van der Waals surface area contributed by atoms with E-state index in [4.69, 9.17) is 4.98 Å². The second-order valence-corrected chi connectivity index (χ2v) is 10.4. The predicted octanol–water partition coefficient (Wildman–Crippen LogP) is 6.13. The fourth-order valence-electron chi connectivity index (χ4n) is 7.49. The molecule has 0 amide bonds. The van der Waals surface area contributed by atoms with Gasteiger partial charge in [0, 0.05) is 17.0 Å². The quantitative estimate of drug-likeness (QED) is 0.433. The van der Waals surface area contributed by atoms with Crippen LogP contribution in [0, 0.1) is 30.6 Å². The molecule has 4 fully saturated rings. The number of aliphatic hydroxyl groups is 1. The van der Waals surface area contributed by atoms with Crippen LogP contribution in [-0.2, 0) is 5.60 Å². The standard InChI is InChI=1S/C28H28N2O/c1-17-6-7-24-23-4-2-3-5-25(23)30(26(24)10-17)27-16-20(8-9-29-27)28(31)21-12-18-11-19(14-21)15-22(28)13-18/h2-10,16,18-19,21-22,31H,11-15H2,1H3. The van der Waals surface area contributed by atoms with Gasteiger partial charge in [0.2, 0.25) is 0 Å². The highest BCUT2D eigenvalue weighted by atomic mass is 16.3. The third-order valence-electron chi connectivity index (χ3n) is 8.65. The third-order valence-corrected chi connectivity index (χ3v) is 8.65. The van der Waals surface area contributed by atoms with E-state index in [2.05, 4.69) is 66.1 Å². The highest BCUT2D eigenvalue weighted by Crippen LogP contribution is 2.61. The number of hydrogen-bond acceptors (Lipinski definition) is 2. The smallest absolute Gasteiger partial charge is 0.137 e. The predicted molar refractivity (Wildman–Crippen MR) is 124 cm³/mol. The monoisotopic (exact) mass is 408 g/mol. The van der Waals surface area contributed by atoms with E-state index in [9.17, 15) is 5.11 Å². The lowest BCUT2D eigenvalue weighted by molar-refractivity contribution is -0.179. The number of rotatable bonds is 2. The van der Waals surface area contributed by atoms with Gasteiger partial charge in [-0.1, -0.05) is 30.3 Å². The van der Waals surface area contributed by atoms with Crippen LogP contribution in [0.15, 0.2) is 60.8 Å². The summed E-state index contributed by atoms with van der Waals surface area (Å²) < 4.78 is 2.28. The molecule has 31 heavy (non-hydrogen) atoms. The van der Waals surface area contributed by atoms with E-state index in [1.54, 1.807) is 0 Å². The molecule has 4 bridgehead atoms. The third kappa shape index (κ3) is 2.41. The van der Waals surface area contributed by atoms with E-state index in [1.165, 1.54) is 59.5 Å². The van der Waals surface area contributed by atoms with Gasteiger partial charge in [-0.25, -0.2) is 4.98 Å². The number of aromatic nitrogens is 2. The number of aryl methyl sites for hydroxylation is 1. The first-order valence-corrected chi connectivity index (χ1v) is 11.8. The molecule has 156 valence electrons. The molecule has 4 saturated carbocycles. The van der Waals surface area contributed by atoms with Crippen molar-refractivity contribution in [2.75, 3.05) is 0 Å². The van der Waals surface area contributed by atoms with Crippen molar-refractivity contribution in [3.63, 3.8) is 0 Å². The van der Waals surface area contributed by atoms with Gasteiger partial charge in [0.15, 0.2) is 0 Å². The molecule has 4 aliphatic carbocycles. The van der Waals surface area contributed by atoms with Crippen LogP contribution in [-0.4, -0.2) is 14.7 Å². The maximum absolute atomic E-state index is 12.1. The Morgan fingerprint density at radius 3 is 2.32 bits per heavy atom. The van der Waals surface area contributed by atoms with Gasteiger partial charge in [-0.3, -0.25) is 4.57 Å². The number of pyridine rings is 1. The summed E-state index contributed by atoms with van der Waals surface area (Å²) in [7, 11) is 0. The summed E-state index contributed by atoms with van der Waals surface area (Å²) in [5, 5.41) is 14.6. The number of para-hydroxylation sites is 1. The molecule has 2 aromatic heterocycles. The fourth-order valence-corrected chi connectivity index (χ4v) is 7.49. The van der Waals surface area contributed by atoms with Crippen LogP contribution in [0.4, 0.5) is 0 Å². The van der Waals surface area contributed by atoms with E-state index < -0.39 is 5.60 Å². The van der Waals surface area contributed by atoms with Gasteiger partial charge in [0.1, 0.15) is 5.82 Å². The Kier molecular flexibility index (Phi) is 3.59. The molecule has 1 N–H and O–H groups in total. The largest absolute Gasteiger partial charge is 0.385 e. The lowest BCUT2D eigenvalue weighted by atomic mass is 9.48. The van der Waals surface area contributed by atoms with Crippen molar-refractivity contribution < 1.29 is 5.11 Å². The molecule has 0 atom stereocenters. The van der Waals surface area contributed by atoms with Crippen LogP contribution >= 0.6 is 0 Å². The Hall–Kier alpha value is -2.65. The van der Waals surface area contributed by atoms with Crippen LogP contribution in [0.25, 0.3) is 27.6 Å². The van der Waals surface area contributed by atoms with Gasteiger partial charge in [-0.15, -0.1) is 0 Å². The Balaban J connectivity index is 1.43. The van der Waals surface area contributed by atoms with Gasteiger partial charge in [-0.05, 0) is 98.1 Å². The lowest BCUT2D eigenvalue weighted by Crippen LogP contribution is -2.55. The molecular formula is C28H28N2O.